The highest BCUT2D eigenvalue weighted by Gasteiger charge is 2.38. The van der Waals surface area contributed by atoms with E-state index in [0.717, 1.165) is 0 Å². The third kappa shape index (κ3) is 11.2. The molecule has 8 heteroatoms. The molecule has 0 bridgehead atoms. The maximum Gasteiger partial charge on any atom is 0.579 e. The van der Waals surface area contributed by atoms with Crippen molar-refractivity contribution in [2.75, 3.05) is 0 Å². The van der Waals surface area contributed by atoms with Crippen molar-refractivity contribution in [1.82, 2.24) is 0 Å². The van der Waals surface area contributed by atoms with Gasteiger partial charge in [0.2, 0.25) is 3.79 Å². The third-order valence-corrected chi connectivity index (χ3v) is 2.08. The minimum atomic E-state index is -2.18. The molecule has 0 radical (unpaired) electrons. The van der Waals surface area contributed by atoms with Crippen LogP contribution in [0.25, 0.3) is 0 Å². The fourth-order valence-electron chi connectivity index (χ4n) is 0. The number of hydrogen-bond donors (Lipinski definition) is 3. The Morgan fingerprint density at radius 1 is 1.33 bits per heavy atom. The number of alkyl halides is 3. The van der Waals surface area contributed by atoms with Crippen LogP contribution in [-0.2, 0) is 4.57 Å². The van der Waals surface area contributed by atoms with E-state index >= 15 is 0 Å². The minimum absolute atomic E-state index is 1.27. The summed E-state index contributed by atoms with van der Waals surface area (Å²) in [4.78, 5) is 7.43. The van der Waals surface area contributed by atoms with Crippen LogP contribution in [-0.4, -0.2) is 19.4 Å². The minimum Gasteiger partial charge on any atom is -0.386 e. The fraction of sp³-hybridized carbons (Fsp3) is 1.00. The first-order chi connectivity index (χ1) is 4.98. The molecule has 0 aromatic carbocycles. The van der Waals surface area contributed by atoms with Crippen LogP contribution >= 0.6 is 54.3 Å². The Balaban J connectivity index is 0. The molecule has 0 saturated carbocycles. The zero-order valence-corrected chi connectivity index (χ0v) is 10.4. The van der Waals surface area contributed by atoms with Crippen LogP contribution < -0.4 is 0 Å². The lowest BCUT2D eigenvalue weighted by atomic mass is 10.2. The molecule has 0 rings (SSSR count). The van der Waals surface area contributed by atoms with Gasteiger partial charge in [0.15, 0.2) is 0 Å². The smallest absolute Gasteiger partial charge is 0.386 e. The summed E-state index contributed by atoms with van der Waals surface area (Å²) in [7, 11) is -2.18. The zero-order valence-electron chi connectivity index (χ0n) is 6.33. The summed E-state index contributed by atoms with van der Waals surface area (Å²) in [5.74, 6) is 0. The van der Waals surface area contributed by atoms with Crippen molar-refractivity contribution in [2.45, 2.75) is 23.2 Å². The molecular weight excluding hydrogens is 265 g/mol. The molecule has 0 saturated heterocycles. The Labute approximate surface area is 92.0 Å². The molecule has 0 amide bonds. The molecule has 0 aliphatic heterocycles. The fourth-order valence-corrected chi connectivity index (χ4v) is 0. The van der Waals surface area contributed by atoms with Gasteiger partial charge in [0.25, 0.3) is 0 Å². The highest BCUT2D eigenvalue weighted by molar-refractivity contribution is 8.38. The number of thiol groups is 1. The van der Waals surface area contributed by atoms with Crippen LogP contribution in [0.5, 0.6) is 0 Å². The molecule has 0 aliphatic carbocycles. The van der Waals surface area contributed by atoms with Gasteiger partial charge < -0.3 is 5.11 Å². The number of hydrogen-bond acceptors (Lipinski definition) is 2. The van der Waals surface area contributed by atoms with Gasteiger partial charge in [-0.05, 0) is 18.4 Å². The van der Waals surface area contributed by atoms with Crippen LogP contribution in [0.3, 0.4) is 0 Å². The molecule has 1 atom stereocenters. The number of aliphatic hydroxyl groups is 1. The molecule has 1 unspecified atom stereocenters. The molecule has 3 nitrogen and oxygen atoms in total. The Morgan fingerprint density at radius 2 is 1.42 bits per heavy atom. The number of rotatable bonds is 0. The number of halogens is 3. The van der Waals surface area contributed by atoms with Gasteiger partial charge in [0.1, 0.15) is 17.8 Å². The molecule has 0 heterocycles. The summed E-state index contributed by atoms with van der Waals surface area (Å²) >= 11 is 18.9. The summed E-state index contributed by atoms with van der Waals surface area (Å²) in [6.45, 7) is 2.86. The van der Waals surface area contributed by atoms with Crippen molar-refractivity contribution < 1.29 is 14.6 Å². The summed E-state index contributed by atoms with van der Waals surface area (Å²) in [6.07, 6.45) is 0. The summed E-state index contributed by atoms with van der Waals surface area (Å²) in [6, 6.07) is 0. The predicted molar refractivity (Wildman–Crippen MR) is 55.4 cm³/mol. The average Bonchev–Trinajstić information content (AvgIpc) is 1.55. The van der Waals surface area contributed by atoms with E-state index in [9.17, 15) is 0 Å². The Kier molecular flexibility index (Phi) is 7.67. The normalized spacial score (nSPS) is 13.2. The summed E-state index contributed by atoms with van der Waals surface area (Å²) in [5, 5.41) is 8.96. The van der Waals surface area contributed by atoms with E-state index in [-0.39, 0.29) is 0 Å². The van der Waals surface area contributed by atoms with E-state index in [1.807, 2.05) is 0 Å². The first-order valence-electron chi connectivity index (χ1n) is 2.62. The van der Waals surface area contributed by atoms with E-state index in [0.29, 0.717) is 0 Å². The van der Waals surface area contributed by atoms with Crippen molar-refractivity contribution in [3.8, 4) is 0 Å². The van der Waals surface area contributed by atoms with Gasteiger partial charge in [-0.3, -0.25) is 0 Å². The molecule has 0 aromatic rings. The largest absolute Gasteiger partial charge is 0.579 e. The van der Waals surface area contributed by atoms with Gasteiger partial charge >= 0.3 is 7.23 Å². The van der Waals surface area contributed by atoms with E-state index in [2.05, 4.69) is 12.2 Å². The van der Waals surface area contributed by atoms with Gasteiger partial charge in [-0.2, -0.15) is 4.89 Å². The molecule has 0 spiro atoms. The van der Waals surface area contributed by atoms with Crippen molar-refractivity contribution in [3.63, 3.8) is 0 Å². The Bertz CT molecular complexity index is 137. The summed E-state index contributed by atoms with van der Waals surface area (Å²) < 4.78 is 7.42. The molecule has 2 N–H and O–H groups in total. The second-order valence-electron chi connectivity index (χ2n) is 2.31. The van der Waals surface area contributed by atoms with Crippen LogP contribution in [0, 0.1) is 0 Å². The lowest BCUT2D eigenvalue weighted by Crippen LogP contribution is -2.35. The molecule has 0 aliphatic rings. The van der Waals surface area contributed by atoms with Crippen molar-refractivity contribution in [1.29, 1.82) is 0 Å². The molecule has 0 fully saturated rings. The van der Waals surface area contributed by atoms with Crippen molar-refractivity contribution in [2.24, 2.45) is 0 Å². The van der Waals surface area contributed by atoms with E-state index in [4.69, 9.17) is 49.4 Å². The quantitative estimate of drug-likeness (QED) is 0.362. The monoisotopic (exact) mass is 273 g/mol. The maximum atomic E-state index is 9.01. The van der Waals surface area contributed by atoms with Crippen molar-refractivity contribution in [3.05, 3.63) is 0 Å². The summed E-state index contributed by atoms with van der Waals surface area (Å²) in [5.41, 5.74) is -1.27. The van der Waals surface area contributed by atoms with Gasteiger partial charge in [0.05, 0.1) is 0 Å². The predicted octanol–water partition coefficient (Wildman–Crippen LogP) is 2.69. The average molecular weight is 275 g/mol. The molecular formula is C4H9Cl3O3PS+. The highest BCUT2D eigenvalue weighted by atomic mass is 35.6. The molecule has 0 aromatic heterocycles. The van der Waals surface area contributed by atoms with Gasteiger partial charge in [-0.1, -0.05) is 34.8 Å². The van der Waals surface area contributed by atoms with E-state index in [1.54, 1.807) is 0 Å². The SMILES string of the molecule is CC(C)(O)C(Cl)(Cl)Cl.O=[P+](O)S. The first kappa shape index (κ1) is 15.7. The Morgan fingerprint density at radius 3 is 1.42 bits per heavy atom. The third-order valence-electron chi connectivity index (χ3n) is 0.694. The van der Waals surface area contributed by atoms with Gasteiger partial charge in [-0.15, -0.1) is 0 Å². The van der Waals surface area contributed by atoms with Gasteiger partial charge in [0, 0.05) is 0 Å². The van der Waals surface area contributed by atoms with E-state index < -0.39 is 16.6 Å². The van der Waals surface area contributed by atoms with Crippen molar-refractivity contribution >= 4 is 54.3 Å². The van der Waals surface area contributed by atoms with Crippen LogP contribution in [0.15, 0.2) is 0 Å². The molecule has 12 heavy (non-hydrogen) atoms. The van der Waals surface area contributed by atoms with Crippen LogP contribution in [0.4, 0.5) is 0 Å². The Hall–Kier alpha value is 1.24. The van der Waals surface area contributed by atoms with E-state index in [1.165, 1.54) is 13.8 Å². The second kappa shape index (κ2) is 5.86. The lowest BCUT2D eigenvalue weighted by molar-refractivity contribution is 0.0847. The van der Waals surface area contributed by atoms with Crippen LogP contribution in [0.1, 0.15) is 13.8 Å². The first-order valence-corrected chi connectivity index (χ1v) is 6.12. The topological polar surface area (TPSA) is 57.5 Å². The standard InChI is InChI=1S/C4H7Cl3O.HO2PS/c1-3(2,8)4(5,6)7;1-3(2)4/h8H,1-2H3;(H-,1,2,4)/p+1. The maximum absolute atomic E-state index is 9.01. The van der Waals surface area contributed by atoms with Gasteiger partial charge in [-0.25, -0.2) is 0 Å². The molecule has 74 valence electrons. The lowest BCUT2D eigenvalue weighted by Gasteiger charge is -2.25. The van der Waals surface area contributed by atoms with Crippen LogP contribution in [0.2, 0.25) is 0 Å². The second-order valence-corrected chi connectivity index (χ2v) is 6.12. The zero-order chi connectivity index (χ0) is 10.6. The highest BCUT2D eigenvalue weighted by Crippen LogP contribution is 2.37.